The van der Waals surface area contributed by atoms with Gasteiger partial charge in [-0.05, 0) is 49.5 Å². The van der Waals surface area contributed by atoms with Gasteiger partial charge in [0.1, 0.15) is 5.60 Å². The number of hydrogen-bond acceptors (Lipinski definition) is 2. The molecule has 2 aliphatic rings. The maximum atomic E-state index is 11.0. The van der Waals surface area contributed by atoms with Crippen LogP contribution in [0.4, 0.5) is 0 Å². The Morgan fingerprint density at radius 2 is 2.25 bits per heavy atom. The smallest absolute Gasteiger partial charge is 0.178 e. The van der Waals surface area contributed by atoms with E-state index in [1.165, 1.54) is 6.08 Å². The molecule has 1 saturated carbocycles. The molecular formula is C10H12O2. The molecule has 1 atom stereocenters. The van der Waals surface area contributed by atoms with Crippen LogP contribution in [0.15, 0.2) is 23.8 Å². The molecule has 0 saturated heterocycles. The molecule has 0 bridgehead atoms. The summed E-state index contributed by atoms with van der Waals surface area (Å²) in [6.45, 7) is 0. The van der Waals surface area contributed by atoms with Gasteiger partial charge in [-0.15, -0.1) is 0 Å². The zero-order valence-corrected chi connectivity index (χ0v) is 6.92. The molecule has 0 aromatic heterocycles. The van der Waals surface area contributed by atoms with Crippen molar-refractivity contribution >= 4 is 5.78 Å². The number of carbonyl (C=O) groups excluding carboxylic acids is 1. The number of rotatable bonds is 0. The third kappa shape index (κ3) is 1.12. The van der Waals surface area contributed by atoms with Crippen LogP contribution in [0.2, 0.25) is 0 Å². The molecule has 1 fully saturated rings. The molecule has 0 aromatic carbocycles. The Bertz CT molecular complexity index is 276. The second-order valence-electron chi connectivity index (χ2n) is 3.54. The molecule has 64 valence electrons. The van der Waals surface area contributed by atoms with E-state index in [4.69, 9.17) is 0 Å². The fourth-order valence-corrected chi connectivity index (χ4v) is 1.91. The van der Waals surface area contributed by atoms with Gasteiger partial charge in [-0.3, -0.25) is 4.79 Å². The van der Waals surface area contributed by atoms with E-state index in [1.807, 2.05) is 0 Å². The number of carbonyl (C=O) groups is 1. The highest BCUT2D eigenvalue weighted by molar-refractivity contribution is 6.01. The van der Waals surface area contributed by atoms with Crippen molar-refractivity contribution in [2.75, 3.05) is 0 Å². The number of allylic oxidation sites excluding steroid dienone is 2. The number of ketones is 1. The van der Waals surface area contributed by atoms with E-state index in [9.17, 15) is 9.90 Å². The predicted octanol–water partition coefficient (Wildman–Crippen LogP) is 1.36. The Labute approximate surface area is 71.6 Å². The average Bonchev–Trinajstić information content (AvgIpc) is 2.06. The minimum Gasteiger partial charge on any atom is -0.381 e. The predicted molar refractivity (Wildman–Crippen MR) is 45.6 cm³/mol. The van der Waals surface area contributed by atoms with Gasteiger partial charge >= 0.3 is 0 Å². The Balaban J connectivity index is 2.34. The van der Waals surface area contributed by atoms with E-state index in [0.717, 1.165) is 31.3 Å². The van der Waals surface area contributed by atoms with Crippen LogP contribution in [-0.4, -0.2) is 16.5 Å². The highest BCUT2D eigenvalue weighted by Crippen LogP contribution is 2.35. The molecule has 0 spiro atoms. The third-order valence-corrected chi connectivity index (χ3v) is 2.65. The molecule has 1 N–H and O–H groups in total. The van der Waals surface area contributed by atoms with E-state index in [1.54, 1.807) is 12.2 Å². The van der Waals surface area contributed by atoms with Gasteiger partial charge in [0.2, 0.25) is 0 Å². The monoisotopic (exact) mass is 164 g/mol. The number of hydrogen-bond donors (Lipinski definition) is 1. The van der Waals surface area contributed by atoms with Gasteiger partial charge in [-0.25, -0.2) is 0 Å². The summed E-state index contributed by atoms with van der Waals surface area (Å²) in [6.07, 6.45) is 8.47. The van der Waals surface area contributed by atoms with Crippen molar-refractivity contribution in [1.82, 2.24) is 0 Å². The van der Waals surface area contributed by atoms with Crippen molar-refractivity contribution in [1.29, 1.82) is 0 Å². The molecule has 0 aromatic rings. The van der Waals surface area contributed by atoms with Gasteiger partial charge < -0.3 is 5.11 Å². The Hall–Kier alpha value is -0.890. The van der Waals surface area contributed by atoms with Crippen LogP contribution in [0.25, 0.3) is 0 Å². The Kier molecular flexibility index (Phi) is 1.65. The van der Waals surface area contributed by atoms with Crippen molar-refractivity contribution in [3.8, 4) is 0 Å². The molecule has 0 radical (unpaired) electrons. The summed E-state index contributed by atoms with van der Waals surface area (Å²) in [5, 5.41) is 10.0. The highest BCUT2D eigenvalue weighted by Gasteiger charge is 2.33. The van der Waals surface area contributed by atoms with Crippen molar-refractivity contribution in [3.63, 3.8) is 0 Å². The molecule has 2 heteroatoms. The first-order valence-electron chi connectivity index (χ1n) is 4.37. The summed E-state index contributed by atoms with van der Waals surface area (Å²) in [6, 6.07) is 0. The first-order chi connectivity index (χ1) is 5.71. The maximum absolute atomic E-state index is 11.0. The summed E-state index contributed by atoms with van der Waals surface area (Å²) in [7, 11) is 0. The molecule has 0 aliphatic heterocycles. The summed E-state index contributed by atoms with van der Waals surface area (Å²) < 4.78 is 0. The molecular weight excluding hydrogens is 152 g/mol. The minimum atomic E-state index is -0.786. The van der Waals surface area contributed by atoms with E-state index >= 15 is 0 Å². The second kappa shape index (κ2) is 2.56. The van der Waals surface area contributed by atoms with Gasteiger partial charge in [0, 0.05) is 0 Å². The van der Waals surface area contributed by atoms with Gasteiger partial charge in [0.15, 0.2) is 5.78 Å². The Morgan fingerprint density at radius 1 is 1.42 bits per heavy atom. The summed E-state index contributed by atoms with van der Waals surface area (Å²) in [5.74, 6) is 0.0107. The van der Waals surface area contributed by atoms with Crippen LogP contribution in [0, 0.1) is 0 Å². The van der Waals surface area contributed by atoms with Crippen LogP contribution >= 0.6 is 0 Å². The van der Waals surface area contributed by atoms with E-state index < -0.39 is 5.60 Å². The zero-order valence-electron chi connectivity index (χ0n) is 6.92. The lowest BCUT2D eigenvalue weighted by Crippen LogP contribution is -2.34. The van der Waals surface area contributed by atoms with E-state index in [-0.39, 0.29) is 5.78 Å². The first-order valence-corrected chi connectivity index (χ1v) is 4.37. The van der Waals surface area contributed by atoms with Crippen LogP contribution in [0.1, 0.15) is 25.7 Å². The lowest BCUT2D eigenvalue weighted by molar-refractivity contribution is -0.111. The van der Waals surface area contributed by atoms with Gasteiger partial charge in [-0.2, -0.15) is 0 Å². The van der Waals surface area contributed by atoms with Crippen molar-refractivity contribution < 1.29 is 9.90 Å². The molecule has 1 unspecified atom stereocenters. The number of fused-ring (bicyclic) bond motifs is 1. The largest absolute Gasteiger partial charge is 0.381 e. The summed E-state index contributed by atoms with van der Waals surface area (Å²) >= 11 is 0. The van der Waals surface area contributed by atoms with Gasteiger partial charge in [0.05, 0.1) is 0 Å². The van der Waals surface area contributed by atoms with Crippen LogP contribution in [-0.2, 0) is 4.79 Å². The van der Waals surface area contributed by atoms with Crippen molar-refractivity contribution in [3.05, 3.63) is 23.8 Å². The van der Waals surface area contributed by atoms with Gasteiger partial charge in [-0.1, -0.05) is 0 Å². The second-order valence-corrected chi connectivity index (χ2v) is 3.54. The van der Waals surface area contributed by atoms with Crippen LogP contribution < -0.4 is 0 Å². The topological polar surface area (TPSA) is 37.3 Å². The van der Waals surface area contributed by atoms with Gasteiger partial charge in [0.25, 0.3) is 0 Å². The fraction of sp³-hybridized carbons (Fsp3) is 0.500. The highest BCUT2D eigenvalue weighted by atomic mass is 16.3. The SMILES string of the molecule is O=C1C=CC2(O)CCCCC2=C1. The van der Waals surface area contributed by atoms with E-state index in [0.29, 0.717) is 0 Å². The summed E-state index contributed by atoms with van der Waals surface area (Å²) in [5.41, 5.74) is 0.118. The Morgan fingerprint density at radius 3 is 3.08 bits per heavy atom. The standard InChI is InChI=1S/C10H12O2/c11-9-4-6-10(12)5-2-1-3-8(10)7-9/h4,6-7,12H,1-3,5H2. The quantitative estimate of drug-likeness (QED) is 0.587. The fourth-order valence-electron chi connectivity index (χ4n) is 1.91. The van der Waals surface area contributed by atoms with Crippen LogP contribution in [0.3, 0.4) is 0 Å². The molecule has 2 aliphatic carbocycles. The lowest BCUT2D eigenvalue weighted by atomic mass is 9.77. The third-order valence-electron chi connectivity index (χ3n) is 2.65. The van der Waals surface area contributed by atoms with Crippen molar-refractivity contribution in [2.45, 2.75) is 31.3 Å². The summed E-state index contributed by atoms with van der Waals surface area (Å²) in [4.78, 5) is 11.0. The molecule has 12 heavy (non-hydrogen) atoms. The van der Waals surface area contributed by atoms with Crippen molar-refractivity contribution in [2.24, 2.45) is 0 Å². The first kappa shape index (κ1) is 7.74. The number of aliphatic hydroxyl groups is 1. The maximum Gasteiger partial charge on any atom is 0.178 e. The molecule has 2 rings (SSSR count). The molecule has 0 amide bonds. The van der Waals surface area contributed by atoms with E-state index in [2.05, 4.69) is 0 Å². The minimum absolute atomic E-state index is 0.0107. The normalized spacial score (nSPS) is 34.4. The lowest BCUT2D eigenvalue weighted by Gasteiger charge is -2.33. The molecule has 2 nitrogen and oxygen atoms in total. The molecule has 0 heterocycles. The average molecular weight is 164 g/mol. The zero-order chi connectivity index (χ0) is 8.60. The van der Waals surface area contributed by atoms with Crippen LogP contribution in [0.5, 0.6) is 0 Å².